The number of β-amino-alcohol motifs (C(OH)–C–C–N with tert-alkyl or cyclic N) is 1. The van der Waals surface area contributed by atoms with Crippen LogP contribution in [-0.4, -0.2) is 51.8 Å². The Balaban J connectivity index is 1.48. The predicted octanol–water partition coefficient (Wildman–Crippen LogP) is 2.41. The molecule has 7 nitrogen and oxygen atoms in total. The summed E-state index contributed by atoms with van der Waals surface area (Å²) in [5.41, 5.74) is 1.31. The highest BCUT2D eigenvalue weighted by Gasteiger charge is 2.48. The number of nitrogens with zero attached hydrogens (tertiary/aromatic N) is 3. The van der Waals surface area contributed by atoms with E-state index in [1.54, 1.807) is 23.1 Å². The first-order valence-corrected chi connectivity index (χ1v) is 10.6. The van der Waals surface area contributed by atoms with Crippen LogP contribution < -0.4 is 15.0 Å². The van der Waals surface area contributed by atoms with Gasteiger partial charge < -0.3 is 20.1 Å². The van der Waals surface area contributed by atoms with Gasteiger partial charge in [-0.2, -0.15) is 8.78 Å². The summed E-state index contributed by atoms with van der Waals surface area (Å²) in [6, 6.07) is 4.88. The van der Waals surface area contributed by atoms with Crippen LogP contribution in [0.4, 0.5) is 14.7 Å². The number of anilines is 1. The quantitative estimate of drug-likeness (QED) is 0.764. The van der Waals surface area contributed by atoms with E-state index in [9.17, 15) is 18.7 Å². The molecule has 2 fully saturated rings. The molecule has 0 unspecified atom stereocenters. The summed E-state index contributed by atoms with van der Waals surface area (Å²) in [6.07, 6.45) is 1.07. The second kappa shape index (κ2) is 6.12. The SMILES string of the molecule is C[C@H]1[C@H](O)CN1c1nc(-c2ccc3c(c2)OC2(CC2)CNC3=O)c2c(n1)C(F)(F)CC2. The van der Waals surface area contributed by atoms with E-state index in [2.05, 4.69) is 15.3 Å². The maximum absolute atomic E-state index is 14.6. The van der Waals surface area contributed by atoms with Crippen LogP contribution in [-0.2, 0) is 12.3 Å². The number of fused-ring (bicyclic) bond motifs is 2. The normalized spacial score (nSPS) is 27.0. The van der Waals surface area contributed by atoms with Crippen LogP contribution in [0.3, 0.4) is 0 Å². The van der Waals surface area contributed by atoms with E-state index in [0.29, 0.717) is 41.2 Å². The van der Waals surface area contributed by atoms with Crippen LogP contribution in [0.25, 0.3) is 11.3 Å². The van der Waals surface area contributed by atoms with Gasteiger partial charge in [0.25, 0.3) is 11.8 Å². The molecular formula is C22H22F2N4O3. The molecule has 0 bridgehead atoms. The van der Waals surface area contributed by atoms with E-state index in [0.717, 1.165) is 12.8 Å². The topological polar surface area (TPSA) is 87.6 Å². The van der Waals surface area contributed by atoms with Gasteiger partial charge in [-0.05, 0) is 38.3 Å². The third-order valence-electron chi connectivity index (χ3n) is 6.92. The smallest absolute Gasteiger partial charge is 0.290 e. The number of halogens is 2. The van der Waals surface area contributed by atoms with Crippen molar-refractivity contribution in [3.8, 4) is 17.0 Å². The van der Waals surface area contributed by atoms with Crippen molar-refractivity contribution in [1.82, 2.24) is 15.3 Å². The van der Waals surface area contributed by atoms with E-state index >= 15 is 0 Å². The monoisotopic (exact) mass is 428 g/mol. The van der Waals surface area contributed by atoms with Gasteiger partial charge in [-0.1, -0.05) is 6.07 Å². The Labute approximate surface area is 177 Å². The van der Waals surface area contributed by atoms with E-state index in [-0.39, 0.29) is 42.0 Å². The first-order valence-electron chi connectivity index (χ1n) is 10.6. The molecule has 4 aliphatic rings. The van der Waals surface area contributed by atoms with Gasteiger partial charge in [0, 0.05) is 24.1 Å². The van der Waals surface area contributed by atoms with Crippen molar-refractivity contribution in [3.63, 3.8) is 0 Å². The van der Waals surface area contributed by atoms with Crippen molar-refractivity contribution in [2.45, 2.75) is 56.3 Å². The summed E-state index contributed by atoms with van der Waals surface area (Å²) >= 11 is 0. The molecule has 2 N–H and O–H groups in total. The van der Waals surface area contributed by atoms with Gasteiger partial charge in [-0.3, -0.25) is 4.79 Å². The second-order valence-electron chi connectivity index (χ2n) is 9.04. The third kappa shape index (κ3) is 2.82. The van der Waals surface area contributed by atoms with Crippen molar-refractivity contribution in [2.75, 3.05) is 18.0 Å². The molecule has 0 radical (unpaired) electrons. The average molecular weight is 428 g/mol. The van der Waals surface area contributed by atoms with Crippen LogP contribution in [0, 0.1) is 0 Å². The summed E-state index contributed by atoms with van der Waals surface area (Å²) in [7, 11) is 0. The molecule has 2 aromatic rings. The number of nitrogens with one attached hydrogen (secondary N) is 1. The van der Waals surface area contributed by atoms with Gasteiger partial charge in [-0.25, -0.2) is 9.97 Å². The molecule has 2 aliphatic heterocycles. The fraction of sp³-hybridized carbons (Fsp3) is 0.500. The van der Waals surface area contributed by atoms with Crippen LogP contribution in [0.2, 0.25) is 0 Å². The molecular weight excluding hydrogens is 406 g/mol. The number of hydrogen-bond acceptors (Lipinski definition) is 6. The molecule has 6 rings (SSSR count). The van der Waals surface area contributed by atoms with Crippen molar-refractivity contribution in [1.29, 1.82) is 0 Å². The number of aliphatic hydroxyl groups is 1. The minimum absolute atomic E-state index is 0.179. The third-order valence-corrected chi connectivity index (χ3v) is 6.92. The number of aliphatic hydroxyl groups excluding tert-OH is 1. The average Bonchev–Trinajstić information content (AvgIpc) is 3.48. The maximum atomic E-state index is 14.6. The highest BCUT2D eigenvalue weighted by Crippen LogP contribution is 2.47. The van der Waals surface area contributed by atoms with Crippen LogP contribution in [0.15, 0.2) is 18.2 Å². The molecule has 3 heterocycles. The summed E-state index contributed by atoms with van der Waals surface area (Å²) < 4.78 is 35.4. The van der Waals surface area contributed by atoms with Crippen molar-refractivity contribution in [3.05, 3.63) is 35.0 Å². The Kier molecular flexibility index (Phi) is 3.74. The van der Waals surface area contributed by atoms with E-state index < -0.39 is 12.0 Å². The Bertz CT molecular complexity index is 1120. The molecule has 9 heteroatoms. The van der Waals surface area contributed by atoms with Crippen molar-refractivity contribution in [2.24, 2.45) is 0 Å². The summed E-state index contributed by atoms with van der Waals surface area (Å²) in [6.45, 7) is 2.58. The first kappa shape index (κ1) is 18.9. The molecule has 1 saturated heterocycles. The van der Waals surface area contributed by atoms with E-state index in [1.807, 2.05) is 6.92 Å². The summed E-state index contributed by atoms with van der Waals surface area (Å²) in [5, 5.41) is 12.8. The van der Waals surface area contributed by atoms with Gasteiger partial charge in [0.05, 0.1) is 29.9 Å². The zero-order valence-corrected chi connectivity index (χ0v) is 17.0. The predicted molar refractivity (Wildman–Crippen MR) is 107 cm³/mol. The minimum Gasteiger partial charge on any atom is -0.485 e. The summed E-state index contributed by atoms with van der Waals surface area (Å²) in [5.74, 6) is -2.57. The number of benzene rings is 1. The highest BCUT2D eigenvalue weighted by atomic mass is 19.3. The van der Waals surface area contributed by atoms with Crippen molar-refractivity contribution >= 4 is 11.9 Å². The van der Waals surface area contributed by atoms with E-state index in [1.165, 1.54) is 0 Å². The lowest BCUT2D eigenvalue weighted by Crippen LogP contribution is -2.59. The lowest BCUT2D eigenvalue weighted by atomic mass is 10.0. The highest BCUT2D eigenvalue weighted by molar-refractivity contribution is 5.98. The number of alkyl halides is 2. The molecule has 1 amide bonds. The molecule has 1 saturated carbocycles. The standard InChI is InChI=1S/C22H22F2N4O3/c1-11-15(29)9-28(11)20-26-17(14-4-5-22(23,24)18(14)27-20)12-2-3-13-16(8-12)31-21(6-7-21)10-25-19(13)30/h2-3,8,11,15,29H,4-7,9-10H2,1H3,(H,25,30)/t11-,15+/m0/s1. The van der Waals surface area contributed by atoms with Crippen LogP contribution in [0.1, 0.15) is 47.8 Å². The zero-order valence-electron chi connectivity index (χ0n) is 17.0. The number of ether oxygens (including phenoxy) is 1. The number of aromatic nitrogens is 2. The van der Waals surface area contributed by atoms with Crippen LogP contribution in [0.5, 0.6) is 5.75 Å². The molecule has 162 valence electrons. The minimum atomic E-state index is -3.02. The molecule has 1 aromatic heterocycles. The number of rotatable bonds is 2. The first-order chi connectivity index (χ1) is 14.8. The van der Waals surface area contributed by atoms with Gasteiger partial charge in [0.15, 0.2) is 0 Å². The summed E-state index contributed by atoms with van der Waals surface area (Å²) in [4.78, 5) is 23.0. The Morgan fingerprint density at radius 2 is 2.06 bits per heavy atom. The molecule has 2 atom stereocenters. The zero-order chi connectivity index (χ0) is 21.5. The Morgan fingerprint density at radius 3 is 2.77 bits per heavy atom. The number of carbonyl (C=O) groups is 1. The largest absolute Gasteiger partial charge is 0.485 e. The number of hydrogen-bond donors (Lipinski definition) is 2. The fourth-order valence-electron chi connectivity index (χ4n) is 4.60. The van der Waals surface area contributed by atoms with Gasteiger partial charge >= 0.3 is 0 Å². The lowest BCUT2D eigenvalue weighted by molar-refractivity contribution is -0.00603. The Morgan fingerprint density at radius 1 is 1.26 bits per heavy atom. The number of amides is 1. The van der Waals surface area contributed by atoms with E-state index in [4.69, 9.17) is 4.74 Å². The Hall–Kier alpha value is -2.81. The van der Waals surface area contributed by atoms with Crippen LogP contribution >= 0.6 is 0 Å². The van der Waals surface area contributed by atoms with Gasteiger partial charge in [-0.15, -0.1) is 0 Å². The number of carbonyl (C=O) groups excluding carboxylic acids is 1. The molecule has 1 aromatic carbocycles. The van der Waals surface area contributed by atoms with Crippen molar-refractivity contribution < 1.29 is 23.4 Å². The lowest BCUT2D eigenvalue weighted by Gasteiger charge is -2.43. The van der Waals surface area contributed by atoms with Gasteiger partial charge in [0.2, 0.25) is 5.95 Å². The molecule has 2 aliphatic carbocycles. The fourth-order valence-corrected chi connectivity index (χ4v) is 4.60. The second-order valence-corrected chi connectivity index (χ2v) is 9.04. The maximum Gasteiger partial charge on any atom is 0.290 e. The van der Waals surface area contributed by atoms with Gasteiger partial charge in [0.1, 0.15) is 17.0 Å². The molecule has 31 heavy (non-hydrogen) atoms. The molecule has 1 spiro atoms.